The Balaban J connectivity index is 2.03. The third-order valence-corrected chi connectivity index (χ3v) is 3.80. The molecule has 0 spiro atoms. The fraction of sp³-hybridized carbons (Fsp3) is 0.0625. The Morgan fingerprint density at radius 3 is 2.52 bits per heavy atom. The van der Waals surface area contributed by atoms with Crippen LogP contribution in [0.3, 0.4) is 0 Å². The molecule has 0 amide bonds. The summed E-state index contributed by atoms with van der Waals surface area (Å²) in [6.07, 6.45) is 0. The molecule has 5 heteroatoms. The third kappa shape index (κ3) is 2.64. The molecule has 0 fully saturated rings. The lowest BCUT2D eigenvalue weighted by Gasteiger charge is -2.05. The zero-order valence-corrected chi connectivity index (χ0v) is 13.0. The van der Waals surface area contributed by atoms with Gasteiger partial charge in [-0.25, -0.2) is 4.68 Å². The highest BCUT2D eigenvalue weighted by atomic mass is 79.9. The summed E-state index contributed by atoms with van der Waals surface area (Å²) in [4.78, 5) is 0. The highest BCUT2D eigenvalue weighted by molar-refractivity contribution is 9.10. The van der Waals surface area contributed by atoms with Gasteiger partial charge >= 0.3 is 0 Å². The van der Waals surface area contributed by atoms with Gasteiger partial charge in [0.1, 0.15) is 11.6 Å². The van der Waals surface area contributed by atoms with E-state index in [4.69, 9.17) is 10.5 Å². The predicted octanol–water partition coefficient (Wildman–Crippen LogP) is 3.89. The van der Waals surface area contributed by atoms with Crippen LogP contribution in [0.2, 0.25) is 0 Å². The van der Waals surface area contributed by atoms with Gasteiger partial charge in [-0.1, -0.05) is 18.2 Å². The van der Waals surface area contributed by atoms with E-state index in [2.05, 4.69) is 21.0 Å². The number of nitrogens with zero attached hydrogens (tertiary/aromatic N) is 2. The Morgan fingerprint density at radius 1 is 1.10 bits per heavy atom. The number of halogens is 1. The minimum absolute atomic E-state index is 0.600. The normalized spacial score (nSPS) is 10.6. The molecular weight excluding hydrogens is 330 g/mol. The number of hydrogen-bond acceptors (Lipinski definition) is 3. The molecule has 106 valence electrons. The maximum absolute atomic E-state index is 6.07. The fourth-order valence-electron chi connectivity index (χ4n) is 2.14. The molecule has 0 aliphatic heterocycles. The summed E-state index contributed by atoms with van der Waals surface area (Å²) in [5, 5.41) is 4.58. The second-order valence-electron chi connectivity index (χ2n) is 4.55. The van der Waals surface area contributed by atoms with Gasteiger partial charge in [0.25, 0.3) is 0 Å². The summed E-state index contributed by atoms with van der Waals surface area (Å²) >= 11 is 3.48. The topological polar surface area (TPSA) is 53.1 Å². The molecule has 0 aliphatic carbocycles. The summed E-state index contributed by atoms with van der Waals surface area (Å²) in [6.45, 7) is 0. The molecule has 0 aliphatic rings. The van der Waals surface area contributed by atoms with Crippen LogP contribution in [0.15, 0.2) is 59.1 Å². The number of ether oxygens (including phenoxy) is 1. The molecule has 2 aromatic carbocycles. The molecule has 3 aromatic rings. The third-order valence-electron chi connectivity index (χ3n) is 3.19. The number of nitrogens with two attached hydrogens (primary N) is 1. The van der Waals surface area contributed by atoms with E-state index >= 15 is 0 Å². The lowest BCUT2D eigenvalue weighted by molar-refractivity contribution is 0.412. The van der Waals surface area contributed by atoms with Crippen LogP contribution in [0, 0.1) is 0 Å². The maximum atomic E-state index is 6.07. The minimum Gasteiger partial charge on any atom is -0.496 e. The first-order chi connectivity index (χ1) is 10.2. The van der Waals surface area contributed by atoms with E-state index in [1.165, 1.54) is 0 Å². The fourth-order valence-corrected chi connectivity index (χ4v) is 2.68. The van der Waals surface area contributed by atoms with Crippen LogP contribution in [0.5, 0.6) is 5.75 Å². The zero-order chi connectivity index (χ0) is 14.8. The summed E-state index contributed by atoms with van der Waals surface area (Å²) in [7, 11) is 1.64. The number of anilines is 1. The van der Waals surface area contributed by atoms with Gasteiger partial charge in [0.15, 0.2) is 0 Å². The number of nitrogen functional groups attached to an aromatic ring is 1. The van der Waals surface area contributed by atoms with Crippen LogP contribution in [0.25, 0.3) is 16.9 Å². The molecule has 4 nitrogen and oxygen atoms in total. The summed E-state index contributed by atoms with van der Waals surface area (Å²) in [5.74, 6) is 1.39. The molecule has 1 aromatic heterocycles. The van der Waals surface area contributed by atoms with Crippen LogP contribution < -0.4 is 10.5 Å². The van der Waals surface area contributed by atoms with Crippen LogP contribution in [-0.4, -0.2) is 16.9 Å². The van der Waals surface area contributed by atoms with Crippen molar-refractivity contribution in [3.05, 3.63) is 59.1 Å². The largest absolute Gasteiger partial charge is 0.496 e. The predicted molar refractivity (Wildman–Crippen MR) is 87.7 cm³/mol. The van der Waals surface area contributed by atoms with Crippen molar-refractivity contribution in [2.45, 2.75) is 0 Å². The average Bonchev–Trinajstić information content (AvgIpc) is 2.90. The SMILES string of the molecule is COc1ccc(-c2cc(N)n(-c3ccccc3)n2)cc1Br. The van der Waals surface area contributed by atoms with Gasteiger partial charge in [-0.05, 0) is 46.3 Å². The van der Waals surface area contributed by atoms with Gasteiger partial charge in [0.2, 0.25) is 0 Å². The maximum Gasteiger partial charge on any atom is 0.133 e. The first-order valence-corrected chi connectivity index (χ1v) is 7.23. The number of methoxy groups -OCH3 is 1. The molecular formula is C16H14BrN3O. The number of rotatable bonds is 3. The summed E-state index contributed by atoms with van der Waals surface area (Å²) < 4.78 is 7.85. The zero-order valence-electron chi connectivity index (χ0n) is 11.5. The van der Waals surface area contributed by atoms with Gasteiger partial charge in [-0.3, -0.25) is 0 Å². The Hall–Kier alpha value is -2.27. The van der Waals surface area contributed by atoms with Crippen LogP contribution in [0.1, 0.15) is 0 Å². The van der Waals surface area contributed by atoms with E-state index in [0.717, 1.165) is 27.2 Å². The van der Waals surface area contributed by atoms with Crippen LogP contribution in [-0.2, 0) is 0 Å². The second kappa shape index (κ2) is 5.61. The van der Waals surface area contributed by atoms with Crippen molar-refractivity contribution >= 4 is 21.7 Å². The van der Waals surface area contributed by atoms with Gasteiger partial charge in [-0.2, -0.15) is 5.10 Å². The molecule has 2 N–H and O–H groups in total. The molecule has 0 radical (unpaired) electrons. The number of aromatic nitrogens is 2. The number of hydrogen-bond donors (Lipinski definition) is 1. The van der Waals surface area contributed by atoms with Gasteiger partial charge < -0.3 is 10.5 Å². The Kier molecular flexibility index (Phi) is 3.66. The lowest BCUT2D eigenvalue weighted by atomic mass is 10.1. The Labute approximate surface area is 131 Å². The Bertz CT molecular complexity index is 768. The number of para-hydroxylation sites is 1. The van der Waals surface area contributed by atoms with Crippen LogP contribution >= 0.6 is 15.9 Å². The molecule has 0 saturated carbocycles. The minimum atomic E-state index is 0.600. The van der Waals surface area contributed by atoms with Gasteiger partial charge in [0.05, 0.1) is 23.0 Å². The van der Waals surface area contributed by atoms with E-state index in [1.807, 2.05) is 54.6 Å². The van der Waals surface area contributed by atoms with Crippen molar-refractivity contribution < 1.29 is 4.74 Å². The Morgan fingerprint density at radius 2 is 1.86 bits per heavy atom. The van der Waals surface area contributed by atoms with Crippen molar-refractivity contribution in [2.75, 3.05) is 12.8 Å². The first-order valence-electron chi connectivity index (χ1n) is 6.44. The van der Waals surface area contributed by atoms with E-state index in [9.17, 15) is 0 Å². The van der Waals surface area contributed by atoms with E-state index in [0.29, 0.717) is 5.82 Å². The van der Waals surface area contributed by atoms with E-state index in [-0.39, 0.29) is 0 Å². The molecule has 1 heterocycles. The molecule has 0 saturated heterocycles. The molecule has 0 atom stereocenters. The highest BCUT2D eigenvalue weighted by Crippen LogP contribution is 2.31. The van der Waals surface area contributed by atoms with E-state index < -0.39 is 0 Å². The van der Waals surface area contributed by atoms with Crippen molar-refractivity contribution in [1.82, 2.24) is 9.78 Å². The first kappa shape index (κ1) is 13.7. The molecule has 3 rings (SSSR count). The lowest BCUT2D eigenvalue weighted by Crippen LogP contribution is -2.01. The van der Waals surface area contributed by atoms with Crippen LogP contribution in [0.4, 0.5) is 5.82 Å². The summed E-state index contributed by atoms with van der Waals surface area (Å²) in [5.41, 5.74) is 8.80. The van der Waals surface area contributed by atoms with Crippen molar-refractivity contribution in [1.29, 1.82) is 0 Å². The van der Waals surface area contributed by atoms with Crippen molar-refractivity contribution in [3.63, 3.8) is 0 Å². The van der Waals surface area contributed by atoms with Gasteiger partial charge in [0, 0.05) is 11.6 Å². The second-order valence-corrected chi connectivity index (χ2v) is 5.41. The van der Waals surface area contributed by atoms with E-state index in [1.54, 1.807) is 11.8 Å². The van der Waals surface area contributed by atoms with Crippen molar-refractivity contribution in [3.8, 4) is 22.7 Å². The highest BCUT2D eigenvalue weighted by Gasteiger charge is 2.10. The molecule has 0 unspecified atom stereocenters. The quantitative estimate of drug-likeness (QED) is 0.784. The molecule has 21 heavy (non-hydrogen) atoms. The monoisotopic (exact) mass is 343 g/mol. The summed E-state index contributed by atoms with van der Waals surface area (Å²) in [6, 6.07) is 17.5. The average molecular weight is 344 g/mol. The smallest absolute Gasteiger partial charge is 0.133 e. The van der Waals surface area contributed by atoms with Gasteiger partial charge in [-0.15, -0.1) is 0 Å². The standard InChI is InChI=1S/C16H14BrN3O/c1-21-15-8-7-11(9-13(15)17)14-10-16(18)20(19-14)12-5-3-2-4-6-12/h2-10H,18H2,1H3. The van der Waals surface area contributed by atoms with Crippen molar-refractivity contribution in [2.24, 2.45) is 0 Å². The number of benzene rings is 2. The molecule has 0 bridgehead atoms.